The zero-order valence-corrected chi connectivity index (χ0v) is 13.0. The zero-order valence-electron chi connectivity index (χ0n) is 10.6. The third-order valence-electron chi connectivity index (χ3n) is 3.28. The summed E-state index contributed by atoms with van der Waals surface area (Å²) in [5.74, 6) is 0.928. The Morgan fingerprint density at radius 1 is 1.30 bits per heavy atom. The van der Waals surface area contributed by atoms with Crippen LogP contribution in [0.1, 0.15) is 17.2 Å². The normalized spacial score (nSPS) is 16.4. The van der Waals surface area contributed by atoms with Crippen molar-refractivity contribution in [2.75, 3.05) is 11.9 Å². The van der Waals surface area contributed by atoms with Crippen molar-refractivity contribution in [3.63, 3.8) is 0 Å². The Labute approximate surface area is 131 Å². The Morgan fingerprint density at radius 3 is 2.90 bits per heavy atom. The molecule has 1 atom stereocenters. The smallest absolute Gasteiger partial charge is 0.124 e. The summed E-state index contributed by atoms with van der Waals surface area (Å²) in [7, 11) is 0. The zero-order chi connectivity index (χ0) is 14.1. The molecule has 0 bridgehead atoms. The van der Waals surface area contributed by atoms with E-state index in [9.17, 15) is 0 Å². The van der Waals surface area contributed by atoms with E-state index in [0.717, 1.165) is 27.0 Å². The van der Waals surface area contributed by atoms with Crippen LogP contribution in [0, 0.1) is 0 Å². The van der Waals surface area contributed by atoms with Gasteiger partial charge in [0.25, 0.3) is 0 Å². The second kappa shape index (κ2) is 5.42. The van der Waals surface area contributed by atoms with Crippen LogP contribution in [0.25, 0.3) is 0 Å². The lowest BCUT2D eigenvalue weighted by Gasteiger charge is -2.16. The molecule has 0 spiro atoms. The number of rotatable bonds is 3. The van der Waals surface area contributed by atoms with Gasteiger partial charge in [-0.1, -0.05) is 46.3 Å². The Kier molecular flexibility index (Phi) is 3.63. The third-order valence-corrected chi connectivity index (χ3v) is 3.99. The Morgan fingerprint density at radius 2 is 2.10 bits per heavy atom. The second-order valence-electron chi connectivity index (χ2n) is 4.60. The van der Waals surface area contributed by atoms with Crippen LogP contribution in [0.5, 0.6) is 5.75 Å². The molecule has 0 aliphatic carbocycles. The Hall–Kier alpha value is -1.59. The monoisotopic (exact) mass is 348 g/mol. The molecule has 3 N–H and O–H groups in total. The van der Waals surface area contributed by atoms with Crippen LogP contribution in [0.3, 0.4) is 0 Å². The van der Waals surface area contributed by atoms with Crippen molar-refractivity contribution >= 4 is 38.8 Å². The highest BCUT2D eigenvalue weighted by Gasteiger charge is 2.24. The number of thiocarbonyl (C=S) groups is 1. The average Bonchev–Trinajstić information content (AvgIpc) is 2.82. The summed E-state index contributed by atoms with van der Waals surface area (Å²) in [5.41, 5.74) is 8.69. The highest BCUT2D eigenvalue weighted by molar-refractivity contribution is 9.10. The molecule has 0 saturated heterocycles. The average molecular weight is 349 g/mol. The van der Waals surface area contributed by atoms with Crippen molar-refractivity contribution in [3.05, 3.63) is 58.1 Å². The van der Waals surface area contributed by atoms with Crippen LogP contribution in [0.15, 0.2) is 46.9 Å². The van der Waals surface area contributed by atoms with Gasteiger partial charge >= 0.3 is 0 Å². The number of hydrogen-bond acceptors (Lipinski definition) is 3. The molecular weight excluding hydrogens is 336 g/mol. The second-order valence-corrected chi connectivity index (χ2v) is 5.96. The van der Waals surface area contributed by atoms with E-state index in [2.05, 4.69) is 27.3 Å². The van der Waals surface area contributed by atoms with E-state index in [4.69, 9.17) is 22.7 Å². The Balaban J connectivity index is 1.93. The fraction of sp³-hybridized carbons (Fsp3) is 0.133. The van der Waals surface area contributed by atoms with Gasteiger partial charge in [-0.3, -0.25) is 0 Å². The first-order chi connectivity index (χ1) is 9.65. The SMILES string of the molecule is NC(=S)c1ccc(Br)cc1NC1COc2ccccc21. The van der Waals surface area contributed by atoms with Gasteiger partial charge in [-0.15, -0.1) is 0 Å². The summed E-state index contributed by atoms with van der Waals surface area (Å²) in [5, 5.41) is 3.47. The summed E-state index contributed by atoms with van der Waals surface area (Å²) >= 11 is 8.57. The van der Waals surface area contributed by atoms with Crippen LogP contribution in [0.4, 0.5) is 5.69 Å². The summed E-state index contributed by atoms with van der Waals surface area (Å²) in [4.78, 5) is 0.382. The molecule has 1 aliphatic heterocycles. The van der Waals surface area contributed by atoms with Gasteiger partial charge in [-0.05, 0) is 24.3 Å². The van der Waals surface area contributed by atoms with Gasteiger partial charge in [0.15, 0.2) is 0 Å². The molecule has 1 heterocycles. The summed E-state index contributed by atoms with van der Waals surface area (Å²) in [6, 6.07) is 14.0. The van der Waals surface area contributed by atoms with Crippen molar-refractivity contribution in [1.29, 1.82) is 0 Å². The lowest BCUT2D eigenvalue weighted by Crippen LogP contribution is -2.17. The lowest BCUT2D eigenvalue weighted by molar-refractivity contribution is 0.340. The number of halogens is 1. The van der Waals surface area contributed by atoms with Crippen molar-refractivity contribution < 1.29 is 4.74 Å². The van der Waals surface area contributed by atoms with E-state index >= 15 is 0 Å². The molecule has 5 heteroatoms. The molecule has 0 amide bonds. The van der Waals surface area contributed by atoms with Gasteiger partial charge in [0, 0.05) is 21.3 Å². The van der Waals surface area contributed by atoms with E-state index in [1.807, 2.05) is 36.4 Å². The van der Waals surface area contributed by atoms with Crippen LogP contribution in [0.2, 0.25) is 0 Å². The number of para-hydroxylation sites is 1. The number of hydrogen-bond donors (Lipinski definition) is 2. The molecular formula is C15H13BrN2OS. The highest BCUT2D eigenvalue weighted by Crippen LogP contribution is 2.35. The first-order valence-electron chi connectivity index (χ1n) is 6.23. The number of benzene rings is 2. The fourth-order valence-corrected chi connectivity index (χ4v) is 2.86. The minimum absolute atomic E-state index is 0.105. The third kappa shape index (κ3) is 2.51. The van der Waals surface area contributed by atoms with Gasteiger partial charge in [0.2, 0.25) is 0 Å². The number of anilines is 1. The molecule has 0 aromatic heterocycles. The highest BCUT2D eigenvalue weighted by atomic mass is 79.9. The van der Waals surface area contributed by atoms with Crippen molar-refractivity contribution in [3.8, 4) is 5.75 Å². The maximum Gasteiger partial charge on any atom is 0.124 e. The maximum absolute atomic E-state index is 5.78. The molecule has 2 aromatic carbocycles. The van der Waals surface area contributed by atoms with Crippen LogP contribution < -0.4 is 15.8 Å². The van der Waals surface area contributed by atoms with Gasteiger partial charge < -0.3 is 15.8 Å². The predicted octanol–water partition coefficient (Wildman–Crippen LogP) is 3.63. The fourth-order valence-electron chi connectivity index (χ4n) is 2.32. The van der Waals surface area contributed by atoms with Crippen molar-refractivity contribution in [2.24, 2.45) is 5.73 Å². The predicted molar refractivity (Wildman–Crippen MR) is 88.3 cm³/mol. The minimum Gasteiger partial charge on any atom is -0.491 e. The van der Waals surface area contributed by atoms with Crippen molar-refractivity contribution in [2.45, 2.75) is 6.04 Å². The lowest BCUT2D eigenvalue weighted by atomic mass is 10.1. The van der Waals surface area contributed by atoms with E-state index in [0.29, 0.717) is 11.6 Å². The summed E-state index contributed by atoms with van der Waals surface area (Å²) < 4.78 is 6.65. The van der Waals surface area contributed by atoms with Gasteiger partial charge in [0.1, 0.15) is 17.3 Å². The molecule has 3 rings (SSSR count). The van der Waals surface area contributed by atoms with Crippen LogP contribution in [-0.4, -0.2) is 11.6 Å². The van der Waals surface area contributed by atoms with Crippen molar-refractivity contribution in [1.82, 2.24) is 0 Å². The molecule has 0 fully saturated rings. The van der Waals surface area contributed by atoms with E-state index < -0.39 is 0 Å². The largest absolute Gasteiger partial charge is 0.491 e. The molecule has 1 unspecified atom stereocenters. The van der Waals surface area contributed by atoms with E-state index in [1.54, 1.807) is 0 Å². The molecule has 0 saturated carbocycles. The first kappa shape index (κ1) is 13.4. The number of fused-ring (bicyclic) bond motifs is 1. The van der Waals surface area contributed by atoms with E-state index in [-0.39, 0.29) is 6.04 Å². The number of ether oxygens (including phenoxy) is 1. The maximum atomic E-state index is 5.78. The quantitative estimate of drug-likeness (QED) is 0.831. The summed E-state index contributed by atoms with van der Waals surface area (Å²) in [6.07, 6.45) is 0. The molecule has 20 heavy (non-hydrogen) atoms. The van der Waals surface area contributed by atoms with Crippen LogP contribution >= 0.6 is 28.1 Å². The molecule has 0 radical (unpaired) electrons. The van der Waals surface area contributed by atoms with Gasteiger partial charge in [0.05, 0.1) is 6.04 Å². The Bertz CT molecular complexity index is 675. The number of nitrogens with one attached hydrogen (secondary N) is 1. The molecule has 1 aliphatic rings. The van der Waals surface area contributed by atoms with Gasteiger partial charge in [-0.2, -0.15) is 0 Å². The van der Waals surface area contributed by atoms with E-state index in [1.165, 1.54) is 0 Å². The topological polar surface area (TPSA) is 47.3 Å². The van der Waals surface area contributed by atoms with Crippen LogP contribution in [-0.2, 0) is 0 Å². The van der Waals surface area contributed by atoms with Gasteiger partial charge in [-0.25, -0.2) is 0 Å². The number of nitrogens with two attached hydrogens (primary N) is 1. The minimum atomic E-state index is 0.105. The summed E-state index contributed by atoms with van der Waals surface area (Å²) in [6.45, 7) is 0.600. The first-order valence-corrected chi connectivity index (χ1v) is 7.43. The molecule has 102 valence electrons. The standard InChI is InChI=1S/C15H13BrN2OS/c16-9-5-6-11(15(17)20)12(7-9)18-13-8-19-14-4-2-1-3-10(13)14/h1-7,13,18H,8H2,(H2,17,20). The molecule has 3 nitrogen and oxygen atoms in total. The molecule has 2 aromatic rings.